The molecule has 0 amide bonds. The molecule has 8 nitrogen and oxygen atoms in total. The van der Waals surface area contributed by atoms with Gasteiger partial charge in [-0.05, 0) is 75.5 Å². The van der Waals surface area contributed by atoms with Gasteiger partial charge in [0.25, 0.3) is 0 Å². The molecule has 3 fully saturated rings. The molecule has 1 aromatic heterocycles. The number of ketones is 2. The van der Waals surface area contributed by atoms with Gasteiger partial charge < -0.3 is 10.0 Å². The summed E-state index contributed by atoms with van der Waals surface area (Å²) in [5.74, 6) is 2.60. The molecule has 4 aliphatic carbocycles. The molecular weight excluding hydrogens is 526 g/mol. The lowest BCUT2D eigenvalue weighted by atomic mass is 9.50. The van der Waals surface area contributed by atoms with Gasteiger partial charge in [0.1, 0.15) is 11.4 Å². The van der Waals surface area contributed by atoms with Crippen LogP contribution in [-0.2, 0) is 9.59 Å². The van der Waals surface area contributed by atoms with E-state index in [9.17, 15) is 14.7 Å². The SMILES string of the molecule is Cc1nnc(N2CCN(CC(=O)[C@@]3(O)CC[C@H]4[C@@H]5CCC6=CC(=O)CC[C@]6(C)C5=CC[C@@]43C)CC2)n1-c1ccccc1. The molecule has 1 N–H and O–H groups in total. The van der Waals surface area contributed by atoms with Crippen molar-refractivity contribution in [1.29, 1.82) is 0 Å². The molecule has 0 unspecified atom stereocenters. The standard InChI is InChI=1S/C34H43N5O3/c1-23-35-36-31(39(23)25-7-5-4-6-8-25)38-19-17-37(18-20-38)22-30(41)34(42)16-13-29-27-10-9-24-21-26(40)11-14-32(24,2)28(27)12-15-33(29,34)3/h4-8,12,21,27,29,42H,9-11,13-20,22H2,1-3H3/t27-,29+,32+,33+,34+/m1/s1. The van der Waals surface area contributed by atoms with Crippen LogP contribution >= 0.6 is 0 Å². The van der Waals surface area contributed by atoms with Gasteiger partial charge in [-0.2, -0.15) is 0 Å². The van der Waals surface area contributed by atoms with E-state index in [1.165, 1.54) is 11.1 Å². The average Bonchev–Trinajstić information content (AvgIpc) is 3.51. The number of anilines is 1. The summed E-state index contributed by atoms with van der Waals surface area (Å²) in [6.45, 7) is 9.72. The zero-order chi connectivity index (χ0) is 29.3. The zero-order valence-corrected chi connectivity index (χ0v) is 25.2. The van der Waals surface area contributed by atoms with Crippen LogP contribution in [0.1, 0.15) is 64.6 Å². The number of Topliss-reactive ketones (excluding diaryl/α,β-unsaturated/α-hetero) is 1. The molecule has 2 heterocycles. The Kier molecular flexibility index (Phi) is 6.59. The van der Waals surface area contributed by atoms with E-state index in [-0.39, 0.29) is 23.5 Å². The highest BCUT2D eigenvalue weighted by Gasteiger charge is 2.64. The molecule has 1 aromatic carbocycles. The van der Waals surface area contributed by atoms with Gasteiger partial charge in [-0.25, -0.2) is 0 Å². The van der Waals surface area contributed by atoms with E-state index in [0.717, 1.165) is 75.7 Å². The highest BCUT2D eigenvalue weighted by Crippen LogP contribution is 2.65. The van der Waals surface area contributed by atoms with E-state index in [4.69, 9.17) is 0 Å². The smallest absolute Gasteiger partial charge is 0.231 e. The van der Waals surface area contributed by atoms with E-state index >= 15 is 0 Å². The summed E-state index contributed by atoms with van der Waals surface area (Å²) in [6.07, 6.45) is 9.90. The number of hydrogen-bond acceptors (Lipinski definition) is 7. The largest absolute Gasteiger partial charge is 0.381 e. The van der Waals surface area contributed by atoms with Crippen LogP contribution in [0.5, 0.6) is 0 Å². The second-order valence-electron chi connectivity index (χ2n) is 13.8. The number of piperazine rings is 1. The quantitative estimate of drug-likeness (QED) is 0.532. The number of para-hydroxylation sites is 1. The van der Waals surface area contributed by atoms with Crippen LogP contribution in [0.3, 0.4) is 0 Å². The minimum atomic E-state index is -1.30. The zero-order valence-electron chi connectivity index (χ0n) is 25.2. The summed E-state index contributed by atoms with van der Waals surface area (Å²) in [5.41, 5.74) is 2.02. The summed E-state index contributed by atoms with van der Waals surface area (Å²) >= 11 is 0. The highest BCUT2D eigenvalue weighted by molar-refractivity contribution is 5.92. The Hall–Kier alpha value is -3.10. The number of aromatic nitrogens is 3. The van der Waals surface area contributed by atoms with Crippen molar-refractivity contribution in [2.45, 2.75) is 71.3 Å². The van der Waals surface area contributed by atoms with Gasteiger partial charge in [-0.15, -0.1) is 10.2 Å². The number of rotatable bonds is 5. The van der Waals surface area contributed by atoms with Crippen LogP contribution in [-0.4, -0.2) is 74.7 Å². The topological polar surface area (TPSA) is 91.6 Å². The van der Waals surface area contributed by atoms with Gasteiger partial charge in [0.05, 0.1) is 12.2 Å². The number of fused-ring (bicyclic) bond motifs is 5. The Balaban J connectivity index is 1.04. The fourth-order valence-corrected chi connectivity index (χ4v) is 9.20. The first kappa shape index (κ1) is 27.7. The van der Waals surface area contributed by atoms with Crippen LogP contribution < -0.4 is 4.90 Å². The summed E-state index contributed by atoms with van der Waals surface area (Å²) in [5, 5.41) is 21.0. The fourth-order valence-electron chi connectivity index (χ4n) is 9.20. The Morgan fingerprint density at radius 3 is 2.55 bits per heavy atom. The molecule has 1 aliphatic heterocycles. The maximum atomic E-state index is 14.0. The minimum Gasteiger partial charge on any atom is -0.381 e. The van der Waals surface area contributed by atoms with Crippen molar-refractivity contribution in [3.05, 3.63) is 59.5 Å². The maximum absolute atomic E-state index is 14.0. The summed E-state index contributed by atoms with van der Waals surface area (Å²) in [4.78, 5) is 30.6. The Morgan fingerprint density at radius 2 is 1.79 bits per heavy atom. The van der Waals surface area contributed by atoms with Gasteiger partial charge in [0, 0.05) is 43.4 Å². The third-order valence-electron chi connectivity index (χ3n) is 11.8. The predicted octanol–water partition coefficient (Wildman–Crippen LogP) is 4.45. The lowest BCUT2D eigenvalue weighted by molar-refractivity contribution is -0.154. The lowest BCUT2D eigenvalue weighted by Crippen LogP contribution is -2.58. The van der Waals surface area contributed by atoms with Crippen molar-refractivity contribution < 1.29 is 14.7 Å². The predicted molar refractivity (Wildman–Crippen MR) is 161 cm³/mol. The third kappa shape index (κ3) is 4.08. The Bertz CT molecular complexity index is 1470. The van der Waals surface area contributed by atoms with Gasteiger partial charge in [-0.1, -0.05) is 49.3 Å². The molecule has 0 radical (unpaired) electrons. The maximum Gasteiger partial charge on any atom is 0.231 e. The summed E-state index contributed by atoms with van der Waals surface area (Å²) < 4.78 is 2.09. The molecule has 0 bridgehead atoms. The first-order chi connectivity index (χ1) is 20.1. The minimum absolute atomic E-state index is 0.0213. The van der Waals surface area contributed by atoms with Gasteiger partial charge in [-0.3, -0.25) is 19.1 Å². The highest BCUT2D eigenvalue weighted by atomic mass is 16.3. The van der Waals surface area contributed by atoms with E-state index in [1.54, 1.807) is 0 Å². The van der Waals surface area contributed by atoms with Gasteiger partial charge in [0.15, 0.2) is 11.6 Å². The Labute approximate surface area is 248 Å². The number of allylic oxidation sites excluding steroid dienone is 4. The molecule has 5 atom stereocenters. The normalized spacial score (nSPS) is 34.8. The second kappa shape index (κ2) is 9.98. The van der Waals surface area contributed by atoms with Crippen molar-refractivity contribution in [3.8, 4) is 5.69 Å². The second-order valence-corrected chi connectivity index (χ2v) is 13.8. The van der Waals surface area contributed by atoms with Gasteiger partial charge in [0.2, 0.25) is 5.95 Å². The first-order valence-electron chi connectivity index (χ1n) is 15.8. The molecule has 0 spiro atoms. The molecule has 5 aliphatic rings. The van der Waals surface area contributed by atoms with E-state index in [2.05, 4.69) is 56.6 Å². The van der Waals surface area contributed by atoms with Gasteiger partial charge >= 0.3 is 0 Å². The van der Waals surface area contributed by atoms with Crippen molar-refractivity contribution >= 4 is 17.5 Å². The summed E-state index contributed by atoms with van der Waals surface area (Å²) in [6, 6.07) is 10.2. The van der Waals surface area contributed by atoms with Crippen molar-refractivity contribution in [2.75, 3.05) is 37.6 Å². The molecule has 1 saturated heterocycles. The number of aryl methyl sites for hydroxylation is 1. The molecule has 2 aromatic rings. The average molecular weight is 570 g/mol. The van der Waals surface area contributed by atoms with E-state index < -0.39 is 11.0 Å². The van der Waals surface area contributed by atoms with Crippen LogP contribution in [0.15, 0.2) is 53.6 Å². The molecular formula is C34H43N5O3. The van der Waals surface area contributed by atoms with E-state index in [0.29, 0.717) is 24.7 Å². The van der Waals surface area contributed by atoms with Crippen LogP contribution in [0.25, 0.3) is 5.69 Å². The Morgan fingerprint density at radius 1 is 1.02 bits per heavy atom. The molecule has 42 heavy (non-hydrogen) atoms. The molecule has 222 valence electrons. The summed E-state index contributed by atoms with van der Waals surface area (Å²) in [7, 11) is 0. The van der Waals surface area contributed by atoms with Crippen molar-refractivity contribution in [1.82, 2.24) is 19.7 Å². The third-order valence-corrected chi connectivity index (χ3v) is 11.8. The number of hydrogen-bond donors (Lipinski definition) is 1. The van der Waals surface area contributed by atoms with Crippen LogP contribution in [0.2, 0.25) is 0 Å². The van der Waals surface area contributed by atoms with E-state index in [1.807, 2.05) is 31.2 Å². The number of carbonyl (C=O) groups is 2. The number of carbonyl (C=O) groups excluding carboxylic acids is 2. The van der Waals surface area contributed by atoms with Crippen LogP contribution in [0.4, 0.5) is 5.95 Å². The number of benzene rings is 1. The monoisotopic (exact) mass is 569 g/mol. The molecule has 7 rings (SSSR count). The molecule has 8 heteroatoms. The fraction of sp³-hybridized carbons (Fsp3) is 0.588. The van der Waals surface area contributed by atoms with Crippen molar-refractivity contribution in [2.24, 2.45) is 22.7 Å². The first-order valence-corrected chi connectivity index (χ1v) is 15.8. The number of aliphatic hydroxyl groups is 1. The lowest BCUT2D eigenvalue weighted by Gasteiger charge is -2.54. The number of nitrogens with zero attached hydrogens (tertiary/aromatic N) is 5. The van der Waals surface area contributed by atoms with Crippen molar-refractivity contribution in [3.63, 3.8) is 0 Å². The van der Waals surface area contributed by atoms with Crippen LogP contribution in [0, 0.1) is 29.6 Å². The molecule has 2 saturated carbocycles.